The minimum atomic E-state index is 0.237. The first kappa shape index (κ1) is 11.9. The van der Waals surface area contributed by atoms with Crippen molar-refractivity contribution in [2.45, 2.75) is 20.8 Å². The first-order chi connectivity index (χ1) is 5.56. The summed E-state index contributed by atoms with van der Waals surface area (Å²) < 4.78 is 15.1. The minimum absolute atomic E-state index is 0.237. The van der Waals surface area contributed by atoms with Crippen LogP contribution in [-0.2, 0) is 14.2 Å². The van der Waals surface area contributed by atoms with E-state index in [0.29, 0.717) is 20.0 Å². The Kier molecular flexibility index (Phi) is 6.34. The lowest BCUT2D eigenvalue weighted by molar-refractivity contribution is -0.0565. The molecule has 0 aliphatic rings. The van der Waals surface area contributed by atoms with Gasteiger partial charge in [-0.2, -0.15) is 0 Å². The van der Waals surface area contributed by atoms with Crippen molar-refractivity contribution < 1.29 is 14.2 Å². The molecule has 0 N–H and O–H groups in total. The Morgan fingerprint density at radius 1 is 1.00 bits per heavy atom. The van der Waals surface area contributed by atoms with Crippen molar-refractivity contribution in [1.29, 1.82) is 0 Å². The molecule has 0 spiro atoms. The molecular weight excluding hydrogens is 156 g/mol. The third kappa shape index (κ3) is 9.88. The Balaban J connectivity index is 3.01. The molecule has 0 bridgehead atoms. The van der Waals surface area contributed by atoms with Gasteiger partial charge < -0.3 is 14.2 Å². The van der Waals surface area contributed by atoms with Crippen molar-refractivity contribution in [2.24, 2.45) is 5.41 Å². The van der Waals surface area contributed by atoms with Crippen LogP contribution >= 0.6 is 0 Å². The maximum Gasteiger partial charge on any atom is 0.146 e. The van der Waals surface area contributed by atoms with Gasteiger partial charge in [-0.25, -0.2) is 0 Å². The molecule has 0 rings (SSSR count). The zero-order chi connectivity index (χ0) is 9.45. The van der Waals surface area contributed by atoms with Crippen molar-refractivity contribution in [3.8, 4) is 0 Å². The van der Waals surface area contributed by atoms with Crippen LogP contribution in [0, 0.1) is 5.41 Å². The molecule has 0 fully saturated rings. The third-order valence-electron chi connectivity index (χ3n) is 1.11. The van der Waals surface area contributed by atoms with Crippen molar-refractivity contribution in [3.63, 3.8) is 0 Å². The number of rotatable bonds is 6. The zero-order valence-corrected chi connectivity index (χ0v) is 8.55. The summed E-state index contributed by atoms with van der Waals surface area (Å²) in [6, 6.07) is 0. The maximum absolute atomic E-state index is 5.36. The number of hydrogen-bond donors (Lipinski definition) is 0. The average molecular weight is 176 g/mol. The predicted octanol–water partition coefficient (Wildman–Crippen LogP) is 1.67. The molecule has 0 saturated carbocycles. The monoisotopic (exact) mass is 176 g/mol. The van der Waals surface area contributed by atoms with Gasteiger partial charge in [0.05, 0.1) is 19.8 Å². The first-order valence-corrected chi connectivity index (χ1v) is 4.21. The molecule has 0 saturated heterocycles. The first-order valence-electron chi connectivity index (χ1n) is 4.21. The van der Waals surface area contributed by atoms with Crippen LogP contribution in [0.2, 0.25) is 0 Å². The summed E-state index contributed by atoms with van der Waals surface area (Å²) in [5, 5.41) is 0. The van der Waals surface area contributed by atoms with Gasteiger partial charge >= 0.3 is 0 Å². The molecule has 12 heavy (non-hydrogen) atoms. The highest BCUT2D eigenvalue weighted by Crippen LogP contribution is 2.12. The third-order valence-corrected chi connectivity index (χ3v) is 1.11. The van der Waals surface area contributed by atoms with Gasteiger partial charge in [0.2, 0.25) is 0 Å². The van der Waals surface area contributed by atoms with Crippen LogP contribution in [0.4, 0.5) is 0 Å². The van der Waals surface area contributed by atoms with E-state index in [4.69, 9.17) is 14.2 Å². The molecule has 3 nitrogen and oxygen atoms in total. The van der Waals surface area contributed by atoms with Gasteiger partial charge in [0.25, 0.3) is 0 Å². The van der Waals surface area contributed by atoms with E-state index in [1.54, 1.807) is 7.11 Å². The summed E-state index contributed by atoms with van der Waals surface area (Å²) in [4.78, 5) is 0. The van der Waals surface area contributed by atoms with E-state index < -0.39 is 0 Å². The zero-order valence-electron chi connectivity index (χ0n) is 8.55. The molecule has 0 aliphatic heterocycles. The smallest absolute Gasteiger partial charge is 0.146 e. The molecule has 0 radical (unpaired) electrons. The summed E-state index contributed by atoms with van der Waals surface area (Å²) >= 11 is 0. The minimum Gasteiger partial charge on any atom is -0.379 e. The molecule has 0 aromatic heterocycles. The molecule has 3 heteroatoms. The molecule has 0 aliphatic carbocycles. The van der Waals surface area contributed by atoms with Gasteiger partial charge in [0.15, 0.2) is 0 Å². The highest BCUT2D eigenvalue weighted by atomic mass is 16.7. The van der Waals surface area contributed by atoms with E-state index in [0.717, 1.165) is 6.61 Å². The molecule has 74 valence electrons. The lowest BCUT2D eigenvalue weighted by Gasteiger charge is -2.17. The highest BCUT2D eigenvalue weighted by Gasteiger charge is 2.09. The molecule has 0 unspecified atom stereocenters. The van der Waals surface area contributed by atoms with Gasteiger partial charge in [-0.15, -0.1) is 0 Å². The molecule has 0 atom stereocenters. The van der Waals surface area contributed by atoms with Crippen LogP contribution in [0.15, 0.2) is 0 Å². The van der Waals surface area contributed by atoms with E-state index in [1.807, 2.05) is 0 Å². The van der Waals surface area contributed by atoms with Gasteiger partial charge in [0, 0.05) is 7.11 Å². The summed E-state index contributed by atoms with van der Waals surface area (Å²) in [5.41, 5.74) is 0.237. The summed E-state index contributed by atoms with van der Waals surface area (Å²) in [5.74, 6) is 0. The number of ether oxygens (including phenoxy) is 3. The van der Waals surface area contributed by atoms with Crippen molar-refractivity contribution in [1.82, 2.24) is 0 Å². The fraction of sp³-hybridized carbons (Fsp3) is 1.00. The maximum atomic E-state index is 5.36. The van der Waals surface area contributed by atoms with Crippen molar-refractivity contribution >= 4 is 0 Å². The van der Waals surface area contributed by atoms with E-state index in [9.17, 15) is 0 Å². The van der Waals surface area contributed by atoms with E-state index in [1.165, 1.54) is 0 Å². The molecule has 0 amide bonds. The standard InChI is InChI=1S/C9H20O3/c1-9(2,3)7-11-5-6-12-8-10-4/h5-8H2,1-4H3. The highest BCUT2D eigenvalue weighted by molar-refractivity contribution is 4.58. The molecule has 0 aromatic carbocycles. The van der Waals surface area contributed by atoms with Crippen molar-refractivity contribution in [3.05, 3.63) is 0 Å². The summed E-state index contributed by atoms with van der Waals surface area (Å²) in [6.07, 6.45) is 0. The van der Waals surface area contributed by atoms with Gasteiger partial charge in [-0.05, 0) is 5.41 Å². The second kappa shape index (κ2) is 6.40. The summed E-state index contributed by atoms with van der Waals surface area (Å²) in [7, 11) is 1.61. The average Bonchev–Trinajstić information content (AvgIpc) is 1.94. The van der Waals surface area contributed by atoms with Crippen LogP contribution in [0.25, 0.3) is 0 Å². The number of methoxy groups -OCH3 is 1. The topological polar surface area (TPSA) is 27.7 Å². The quantitative estimate of drug-likeness (QED) is 0.455. The lowest BCUT2D eigenvalue weighted by atomic mass is 9.99. The number of hydrogen-bond acceptors (Lipinski definition) is 3. The van der Waals surface area contributed by atoms with Gasteiger partial charge in [-0.1, -0.05) is 20.8 Å². The van der Waals surface area contributed by atoms with E-state index in [-0.39, 0.29) is 5.41 Å². The Labute approximate surface area is 75.0 Å². The van der Waals surface area contributed by atoms with Crippen LogP contribution in [0.5, 0.6) is 0 Å². The fourth-order valence-electron chi connectivity index (χ4n) is 0.638. The fourth-order valence-corrected chi connectivity index (χ4v) is 0.638. The van der Waals surface area contributed by atoms with Crippen molar-refractivity contribution in [2.75, 3.05) is 33.7 Å². The second-order valence-electron chi connectivity index (χ2n) is 3.93. The molecule has 0 aromatic rings. The Hall–Kier alpha value is -0.120. The summed E-state index contributed by atoms with van der Waals surface area (Å²) in [6.45, 7) is 8.78. The van der Waals surface area contributed by atoms with Gasteiger partial charge in [-0.3, -0.25) is 0 Å². The van der Waals surface area contributed by atoms with Crippen LogP contribution < -0.4 is 0 Å². The Bertz CT molecular complexity index is 96.4. The lowest BCUT2D eigenvalue weighted by Crippen LogP contribution is -2.17. The largest absolute Gasteiger partial charge is 0.379 e. The SMILES string of the molecule is COCOCCOCC(C)(C)C. The van der Waals surface area contributed by atoms with Crippen LogP contribution in [-0.4, -0.2) is 33.7 Å². The van der Waals surface area contributed by atoms with Gasteiger partial charge in [0.1, 0.15) is 6.79 Å². The van der Waals surface area contributed by atoms with Crippen LogP contribution in [0.3, 0.4) is 0 Å². The van der Waals surface area contributed by atoms with E-state index in [2.05, 4.69) is 20.8 Å². The second-order valence-corrected chi connectivity index (χ2v) is 3.93. The normalized spacial score (nSPS) is 12.0. The molecule has 0 heterocycles. The molecular formula is C9H20O3. The Morgan fingerprint density at radius 2 is 1.58 bits per heavy atom. The van der Waals surface area contributed by atoms with E-state index >= 15 is 0 Å². The van der Waals surface area contributed by atoms with Crippen LogP contribution in [0.1, 0.15) is 20.8 Å². The predicted molar refractivity (Wildman–Crippen MR) is 48.1 cm³/mol. The Morgan fingerprint density at radius 3 is 2.08 bits per heavy atom.